The fraction of sp³-hybridized carbons (Fsp3) is 0.364. The Morgan fingerprint density at radius 2 is 2.19 bits per heavy atom. The molecule has 0 bridgehead atoms. The summed E-state index contributed by atoms with van der Waals surface area (Å²) in [6, 6.07) is 5.97. The molecular weight excluding hydrogens is 272 g/mol. The smallest absolute Gasteiger partial charge is 0.202 e. The van der Waals surface area contributed by atoms with Gasteiger partial charge in [-0.15, -0.1) is 0 Å². The maximum atomic E-state index is 5.37. The highest BCUT2D eigenvalue weighted by Crippen LogP contribution is 2.25. The lowest BCUT2D eigenvalue weighted by atomic mass is 10.3. The van der Waals surface area contributed by atoms with Gasteiger partial charge < -0.3 is 14.3 Å². The van der Waals surface area contributed by atoms with Gasteiger partial charge in [-0.25, -0.2) is 0 Å². The van der Waals surface area contributed by atoms with E-state index in [1.807, 2.05) is 18.2 Å². The van der Waals surface area contributed by atoms with Crippen LogP contribution in [-0.4, -0.2) is 11.2 Å². The molecule has 0 unspecified atom stereocenters. The first-order valence-electron chi connectivity index (χ1n) is 5.10. The van der Waals surface area contributed by atoms with Crippen LogP contribution in [0.3, 0.4) is 0 Å². The molecule has 0 radical (unpaired) electrons. The van der Waals surface area contributed by atoms with Crippen molar-refractivity contribution in [2.75, 3.05) is 0 Å². The Morgan fingerprint density at radius 1 is 1.38 bits per heavy atom. The van der Waals surface area contributed by atoms with E-state index in [2.05, 4.69) is 40.3 Å². The van der Waals surface area contributed by atoms with E-state index in [0.29, 0.717) is 28.8 Å². The maximum absolute atomic E-state index is 5.37. The van der Waals surface area contributed by atoms with Gasteiger partial charge in [0.1, 0.15) is 0 Å². The molecule has 4 nitrogen and oxygen atoms in total. The lowest BCUT2D eigenvalue weighted by Crippen LogP contribution is -2.21. The van der Waals surface area contributed by atoms with E-state index in [1.165, 1.54) is 0 Å². The molecular formula is C11H13BrN2O2. The van der Waals surface area contributed by atoms with E-state index < -0.39 is 0 Å². The van der Waals surface area contributed by atoms with Crippen LogP contribution in [0.4, 0.5) is 0 Å². The zero-order valence-corrected chi connectivity index (χ0v) is 10.7. The predicted octanol–water partition coefficient (Wildman–Crippen LogP) is 3.20. The summed E-state index contributed by atoms with van der Waals surface area (Å²) in [4.78, 5) is 0. The number of hydrogen-bond donors (Lipinski definition) is 1. The molecule has 0 aliphatic heterocycles. The molecule has 0 saturated heterocycles. The second kappa shape index (κ2) is 4.84. The highest BCUT2D eigenvalue weighted by Gasteiger charge is 2.10. The summed E-state index contributed by atoms with van der Waals surface area (Å²) in [6.07, 6.45) is 0. The van der Waals surface area contributed by atoms with Gasteiger partial charge in [-0.05, 0) is 28.1 Å². The minimum absolute atomic E-state index is 0.429. The normalized spacial score (nSPS) is 11.2. The fourth-order valence-electron chi connectivity index (χ4n) is 1.27. The van der Waals surface area contributed by atoms with Crippen LogP contribution in [0.2, 0.25) is 0 Å². The second-order valence-electron chi connectivity index (χ2n) is 3.82. The molecule has 0 amide bonds. The van der Waals surface area contributed by atoms with Crippen molar-refractivity contribution in [2.45, 2.75) is 26.4 Å². The third-order valence-corrected chi connectivity index (χ3v) is 2.49. The van der Waals surface area contributed by atoms with Crippen LogP contribution < -0.4 is 5.32 Å². The van der Waals surface area contributed by atoms with E-state index >= 15 is 0 Å². The van der Waals surface area contributed by atoms with Gasteiger partial charge in [0.15, 0.2) is 10.4 Å². The van der Waals surface area contributed by atoms with E-state index in [-0.39, 0.29) is 0 Å². The van der Waals surface area contributed by atoms with E-state index in [0.717, 1.165) is 5.69 Å². The van der Waals surface area contributed by atoms with Crippen LogP contribution >= 0.6 is 15.9 Å². The summed E-state index contributed by atoms with van der Waals surface area (Å²) in [5.41, 5.74) is 0.872. The fourth-order valence-corrected chi connectivity index (χ4v) is 1.57. The van der Waals surface area contributed by atoms with Crippen molar-refractivity contribution in [3.8, 4) is 11.5 Å². The van der Waals surface area contributed by atoms with Crippen molar-refractivity contribution in [2.24, 2.45) is 0 Å². The minimum atomic E-state index is 0.429. The molecule has 5 heteroatoms. The van der Waals surface area contributed by atoms with Crippen LogP contribution in [0.25, 0.3) is 11.5 Å². The summed E-state index contributed by atoms with van der Waals surface area (Å²) < 4.78 is 11.2. The van der Waals surface area contributed by atoms with Crippen molar-refractivity contribution in [1.82, 2.24) is 10.5 Å². The molecule has 0 aliphatic carbocycles. The van der Waals surface area contributed by atoms with Crippen molar-refractivity contribution in [3.63, 3.8) is 0 Å². The summed E-state index contributed by atoms with van der Waals surface area (Å²) in [5, 5.41) is 7.23. The zero-order chi connectivity index (χ0) is 11.5. The molecule has 0 aromatic carbocycles. The average Bonchev–Trinajstić information content (AvgIpc) is 2.83. The molecule has 2 rings (SSSR count). The topological polar surface area (TPSA) is 51.2 Å². The molecule has 1 N–H and O–H groups in total. The van der Waals surface area contributed by atoms with E-state index in [9.17, 15) is 0 Å². The SMILES string of the molecule is CC(C)NCc1cc(-c2ccc(Br)o2)on1. The van der Waals surface area contributed by atoms with Crippen molar-refractivity contribution in [3.05, 3.63) is 28.6 Å². The average molecular weight is 285 g/mol. The van der Waals surface area contributed by atoms with Crippen molar-refractivity contribution >= 4 is 15.9 Å². The Bertz CT molecular complexity index is 462. The number of nitrogens with zero attached hydrogens (tertiary/aromatic N) is 1. The number of hydrogen-bond acceptors (Lipinski definition) is 4. The largest absolute Gasteiger partial charge is 0.446 e. The first-order chi connectivity index (χ1) is 7.65. The van der Waals surface area contributed by atoms with Crippen LogP contribution in [0, 0.1) is 0 Å². The van der Waals surface area contributed by atoms with Gasteiger partial charge in [0, 0.05) is 18.7 Å². The van der Waals surface area contributed by atoms with Crippen LogP contribution in [0.1, 0.15) is 19.5 Å². The molecule has 86 valence electrons. The summed E-state index contributed by atoms with van der Waals surface area (Å²) in [7, 11) is 0. The monoisotopic (exact) mass is 284 g/mol. The molecule has 0 spiro atoms. The number of nitrogens with one attached hydrogen (secondary N) is 1. The predicted molar refractivity (Wildman–Crippen MR) is 63.9 cm³/mol. The second-order valence-corrected chi connectivity index (χ2v) is 4.60. The lowest BCUT2D eigenvalue weighted by Gasteiger charge is -2.03. The molecule has 2 aromatic heterocycles. The quantitative estimate of drug-likeness (QED) is 0.937. The number of aromatic nitrogens is 1. The Labute approximate surface area is 102 Å². The molecule has 0 fully saturated rings. The molecule has 2 heterocycles. The van der Waals surface area contributed by atoms with Crippen LogP contribution in [0.5, 0.6) is 0 Å². The third kappa shape index (κ3) is 2.74. The van der Waals surface area contributed by atoms with E-state index in [4.69, 9.17) is 8.94 Å². The standard InChI is InChI=1S/C11H13BrN2O2/c1-7(2)13-6-8-5-10(16-14-8)9-3-4-11(12)15-9/h3-5,7,13H,6H2,1-2H3. The Kier molecular flexibility index (Phi) is 3.46. The van der Waals surface area contributed by atoms with Crippen molar-refractivity contribution < 1.29 is 8.94 Å². The molecule has 16 heavy (non-hydrogen) atoms. The Hall–Kier alpha value is -1.07. The summed E-state index contributed by atoms with van der Waals surface area (Å²) in [5.74, 6) is 1.32. The van der Waals surface area contributed by atoms with Crippen LogP contribution in [-0.2, 0) is 6.54 Å². The Morgan fingerprint density at radius 3 is 2.81 bits per heavy atom. The lowest BCUT2D eigenvalue weighted by molar-refractivity contribution is 0.404. The van der Waals surface area contributed by atoms with Gasteiger partial charge in [-0.2, -0.15) is 0 Å². The zero-order valence-electron chi connectivity index (χ0n) is 9.16. The molecule has 0 atom stereocenters. The van der Waals surface area contributed by atoms with Gasteiger partial charge in [0.25, 0.3) is 0 Å². The molecule has 0 aliphatic rings. The number of halogens is 1. The molecule has 2 aromatic rings. The van der Waals surface area contributed by atoms with Crippen molar-refractivity contribution in [1.29, 1.82) is 0 Å². The van der Waals surface area contributed by atoms with E-state index in [1.54, 1.807) is 0 Å². The molecule has 0 saturated carbocycles. The van der Waals surface area contributed by atoms with Gasteiger partial charge in [-0.1, -0.05) is 19.0 Å². The van der Waals surface area contributed by atoms with Crippen LogP contribution in [0.15, 0.2) is 31.8 Å². The summed E-state index contributed by atoms with van der Waals surface area (Å²) >= 11 is 3.24. The highest BCUT2D eigenvalue weighted by molar-refractivity contribution is 9.10. The van der Waals surface area contributed by atoms with Gasteiger partial charge >= 0.3 is 0 Å². The third-order valence-electron chi connectivity index (χ3n) is 2.07. The first-order valence-corrected chi connectivity index (χ1v) is 5.89. The first kappa shape index (κ1) is 11.4. The number of furan rings is 1. The van der Waals surface area contributed by atoms with Gasteiger partial charge in [-0.3, -0.25) is 0 Å². The summed E-state index contributed by atoms with van der Waals surface area (Å²) in [6.45, 7) is 4.87. The van der Waals surface area contributed by atoms with Gasteiger partial charge in [0.2, 0.25) is 5.76 Å². The highest BCUT2D eigenvalue weighted by atomic mass is 79.9. The van der Waals surface area contributed by atoms with Gasteiger partial charge in [0.05, 0.1) is 5.69 Å². The maximum Gasteiger partial charge on any atom is 0.202 e. The Balaban J connectivity index is 2.07. The minimum Gasteiger partial charge on any atom is -0.446 e. The number of rotatable bonds is 4.